The molecule has 2 rings (SSSR count). The maximum Gasteiger partial charge on any atom is 0.0485 e. The molecule has 1 nitrogen and oxygen atoms in total. The van der Waals surface area contributed by atoms with Crippen LogP contribution in [0.25, 0.3) is 0 Å². The first-order chi connectivity index (χ1) is 9.72. The second kappa shape index (κ2) is 7.14. The van der Waals surface area contributed by atoms with Crippen molar-refractivity contribution in [1.82, 2.24) is 0 Å². The van der Waals surface area contributed by atoms with Crippen molar-refractivity contribution in [1.29, 1.82) is 0 Å². The minimum absolute atomic E-state index is 0.331. The van der Waals surface area contributed by atoms with Crippen molar-refractivity contribution in [3.8, 4) is 0 Å². The van der Waals surface area contributed by atoms with Crippen LogP contribution in [0.15, 0.2) is 48.5 Å². The molecule has 106 valence electrons. The number of aryl methyl sites for hydroxylation is 2. The summed E-state index contributed by atoms with van der Waals surface area (Å²) in [7, 11) is 0. The quantitative estimate of drug-likeness (QED) is 0.741. The van der Waals surface area contributed by atoms with Crippen molar-refractivity contribution in [2.24, 2.45) is 0 Å². The molecule has 1 N–H and O–H groups in total. The van der Waals surface area contributed by atoms with Crippen LogP contribution in [-0.4, -0.2) is 0 Å². The van der Waals surface area contributed by atoms with Gasteiger partial charge in [0, 0.05) is 11.7 Å². The number of anilines is 1. The summed E-state index contributed by atoms with van der Waals surface area (Å²) >= 11 is 0. The molecule has 0 aromatic heterocycles. The third-order valence-electron chi connectivity index (χ3n) is 3.74. The molecule has 0 saturated carbocycles. The van der Waals surface area contributed by atoms with Gasteiger partial charge in [-0.2, -0.15) is 0 Å². The van der Waals surface area contributed by atoms with Crippen molar-refractivity contribution in [2.45, 2.75) is 46.1 Å². The van der Waals surface area contributed by atoms with Crippen LogP contribution in [0.5, 0.6) is 0 Å². The van der Waals surface area contributed by atoms with Gasteiger partial charge in [0.15, 0.2) is 0 Å². The van der Waals surface area contributed by atoms with Gasteiger partial charge in [-0.15, -0.1) is 0 Å². The highest BCUT2D eigenvalue weighted by atomic mass is 14.9. The van der Waals surface area contributed by atoms with Gasteiger partial charge in [-0.25, -0.2) is 0 Å². The zero-order valence-corrected chi connectivity index (χ0v) is 12.8. The molecule has 0 radical (unpaired) electrons. The first-order valence-electron chi connectivity index (χ1n) is 7.67. The van der Waals surface area contributed by atoms with Gasteiger partial charge in [0.05, 0.1) is 0 Å². The monoisotopic (exact) mass is 267 g/mol. The molecule has 0 spiro atoms. The van der Waals surface area contributed by atoms with E-state index in [1.54, 1.807) is 0 Å². The van der Waals surface area contributed by atoms with Crippen molar-refractivity contribution in [3.63, 3.8) is 0 Å². The fourth-order valence-electron chi connectivity index (χ4n) is 2.48. The largest absolute Gasteiger partial charge is 0.379 e. The molecule has 0 saturated heterocycles. The molecule has 2 aromatic rings. The molecular weight excluding hydrogens is 242 g/mol. The Morgan fingerprint density at radius 3 is 2.35 bits per heavy atom. The molecule has 1 atom stereocenters. The minimum atomic E-state index is 0.331. The van der Waals surface area contributed by atoms with E-state index in [-0.39, 0.29) is 0 Å². The minimum Gasteiger partial charge on any atom is -0.379 e. The molecule has 0 heterocycles. The van der Waals surface area contributed by atoms with Crippen molar-refractivity contribution < 1.29 is 0 Å². The second-order valence-electron chi connectivity index (χ2n) is 5.41. The van der Waals surface area contributed by atoms with E-state index in [1.165, 1.54) is 35.2 Å². The van der Waals surface area contributed by atoms with Gasteiger partial charge >= 0.3 is 0 Å². The molecule has 1 heteroatoms. The van der Waals surface area contributed by atoms with Crippen LogP contribution in [0, 0.1) is 0 Å². The summed E-state index contributed by atoms with van der Waals surface area (Å²) < 4.78 is 0. The fraction of sp³-hybridized carbons (Fsp3) is 0.368. The lowest BCUT2D eigenvalue weighted by Gasteiger charge is -2.17. The topological polar surface area (TPSA) is 12.0 Å². The van der Waals surface area contributed by atoms with E-state index in [1.807, 2.05) is 0 Å². The molecule has 2 aromatic carbocycles. The van der Waals surface area contributed by atoms with Gasteiger partial charge in [0.2, 0.25) is 0 Å². The normalized spacial score (nSPS) is 12.2. The highest BCUT2D eigenvalue weighted by Crippen LogP contribution is 2.21. The lowest BCUT2D eigenvalue weighted by molar-refractivity contribution is 0.875. The van der Waals surface area contributed by atoms with Crippen LogP contribution < -0.4 is 5.32 Å². The summed E-state index contributed by atoms with van der Waals surface area (Å²) in [6.07, 6.45) is 3.45. The number of nitrogens with one attached hydrogen (secondary N) is 1. The van der Waals surface area contributed by atoms with Gasteiger partial charge in [-0.1, -0.05) is 56.7 Å². The first-order valence-corrected chi connectivity index (χ1v) is 7.67. The van der Waals surface area contributed by atoms with Gasteiger partial charge < -0.3 is 5.32 Å². The molecular formula is C19H25N. The molecule has 0 amide bonds. The molecule has 20 heavy (non-hydrogen) atoms. The molecule has 0 fully saturated rings. The average molecular weight is 267 g/mol. The maximum absolute atomic E-state index is 3.58. The van der Waals surface area contributed by atoms with Crippen molar-refractivity contribution >= 4 is 5.69 Å². The highest BCUT2D eigenvalue weighted by Gasteiger charge is 2.05. The summed E-state index contributed by atoms with van der Waals surface area (Å²) in [5.74, 6) is 0. The number of hydrogen-bond donors (Lipinski definition) is 1. The van der Waals surface area contributed by atoms with Gasteiger partial charge in [0.1, 0.15) is 0 Å². The predicted molar refractivity (Wildman–Crippen MR) is 88.3 cm³/mol. The molecule has 1 unspecified atom stereocenters. The Kier molecular flexibility index (Phi) is 5.23. The SMILES string of the molecule is CCCc1ccc(C(C)Nc2cccc(CC)c2)cc1. The van der Waals surface area contributed by atoms with Gasteiger partial charge in [-0.3, -0.25) is 0 Å². The third kappa shape index (κ3) is 3.86. The van der Waals surface area contributed by atoms with E-state index in [0.717, 1.165) is 6.42 Å². The van der Waals surface area contributed by atoms with Crippen LogP contribution in [0.4, 0.5) is 5.69 Å². The van der Waals surface area contributed by atoms with E-state index in [4.69, 9.17) is 0 Å². The maximum atomic E-state index is 3.58. The second-order valence-corrected chi connectivity index (χ2v) is 5.41. The Morgan fingerprint density at radius 1 is 0.950 bits per heavy atom. The summed E-state index contributed by atoms with van der Waals surface area (Å²) in [4.78, 5) is 0. The number of benzene rings is 2. The van der Waals surface area contributed by atoms with Crippen molar-refractivity contribution in [2.75, 3.05) is 5.32 Å². The zero-order valence-electron chi connectivity index (χ0n) is 12.8. The van der Waals surface area contributed by atoms with Gasteiger partial charge in [0.25, 0.3) is 0 Å². The smallest absolute Gasteiger partial charge is 0.0485 e. The van der Waals surface area contributed by atoms with Crippen LogP contribution >= 0.6 is 0 Å². The van der Waals surface area contributed by atoms with Crippen molar-refractivity contribution in [3.05, 3.63) is 65.2 Å². The van der Waals surface area contributed by atoms with Crippen LogP contribution in [0.2, 0.25) is 0 Å². The number of hydrogen-bond acceptors (Lipinski definition) is 1. The molecule has 0 aliphatic carbocycles. The fourth-order valence-corrected chi connectivity index (χ4v) is 2.48. The number of rotatable bonds is 6. The Labute approximate surface area is 123 Å². The van der Waals surface area contributed by atoms with Crippen LogP contribution in [0.1, 0.15) is 49.9 Å². The summed E-state index contributed by atoms with van der Waals surface area (Å²) in [5.41, 5.74) is 5.35. The molecule has 0 aliphatic heterocycles. The Morgan fingerprint density at radius 2 is 1.70 bits per heavy atom. The summed E-state index contributed by atoms with van der Waals surface area (Å²) in [6, 6.07) is 18.0. The van der Waals surface area contributed by atoms with E-state index in [9.17, 15) is 0 Å². The van der Waals surface area contributed by atoms with Gasteiger partial charge in [-0.05, 0) is 48.6 Å². The Balaban J connectivity index is 2.05. The van der Waals surface area contributed by atoms with Crippen LogP contribution in [-0.2, 0) is 12.8 Å². The Hall–Kier alpha value is -1.76. The van der Waals surface area contributed by atoms with Crippen LogP contribution in [0.3, 0.4) is 0 Å². The third-order valence-corrected chi connectivity index (χ3v) is 3.74. The van der Waals surface area contributed by atoms with E-state index >= 15 is 0 Å². The first kappa shape index (κ1) is 14.6. The average Bonchev–Trinajstić information content (AvgIpc) is 2.48. The zero-order chi connectivity index (χ0) is 14.4. The van der Waals surface area contributed by atoms with E-state index in [2.05, 4.69) is 74.6 Å². The highest BCUT2D eigenvalue weighted by molar-refractivity contribution is 5.47. The standard InChI is InChI=1S/C19H25N/c1-4-7-17-10-12-18(13-11-17)15(3)20-19-9-6-8-16(5-2)14-19/h6,8-15,20H,4-5,7H2,1-3H3. The van der Waals surface area contributed by atoms with E-state index < -0.39 is 0 Å². The summed E-state index contributed by atoms with van der Waals surface area (Å²) in [5, 5.41) is 3.58. The molecule has 0 bridgehead atoms. The lowest BCUT2D eigenvalue weighted by atomic mass is 10.0. The van der Waals surface area contributed by atoms with E-state index in [0.29, 0.717) is 6.04 Å². The lowest BCUT2D eigenvalue weighted by Crippen LogP contribution is -2.06. The predicted octanol–water partition coefficient (Wildman–Crippen LogP) is 5.37. The Bertz CT molecular complexity index is 528. The molecule has 0 aliphatic rings. The summed E-state index contributed by atoms with van der Waals surface area (Å²) in [6.45, 7) is 6.63.